The Bertz CT molecular complexity index is 1110. The Morgan fingerprint density at radius 3 is 2.54 bits per heavy atom. The second-order valence-electron chi connectivity index (χ2n) is 9.99. The average molecular weight is 500 g/mol. The van der Waals surface area contributed by atoms with E-state index in [-0.39, 0.29) is 40.2 Å². The highest BCUT2D eigenvalue weighted by atomic mass is 32.2. The Labute approximate surface area is 209 Å². The van der Waals surface area contributed by atoms with Crippen LogP contribution in [0.3, 0.4) is 0 Å². The monoisotopic (exact) mass is 499 g/mol. The number of amidine groups is 1. The summed E-state index contributed by atoms with van der Waals surface area (Å²) >= 11 is 1.26. The molecule has 1 amide bonds. The molecule has 188 valence electrons. The molecule has 35 heavy (non-hydrogen) atoms. The van der Waals surface area contributed by atoms with Crippen molar-refractivity contribution < 1.29 is 20.1 Å². The van der Waals surface area contributed by atoms with Gasteiger partial charge in [0.25, 0.3) is 5.91 Å². The summed E-state index contributed by atoms with van der Waals surface area (Å²) in [6.07, 6.45) is 2.67. The van der Waals surface area contributed by atoms with Gasteiger partial charge in [-0.15, -0.1) is 0 Å². The number of likely N-dealkylation sites (tertiary alicyclic amines) is 1. The van der Waals surface area contributed by atoms with Crippen molar-refractivity contribution in [2.75, 3.05) is 13.1 Å². The summed E-state index contributed by atoms with van der Waals surface area (Å²) in [7, 11) is 0. The van der Waals surface area contributed by atoms with Crippen molar-refractivity contribution in [1.82, 2.24) is 19.7 Å². The number of carbonyl (C=O) groups excluding carboxylic acids is 1. The molecule has 2 atom stereocenters. The van der Waals surface area contributed by atoms with Crippen LogP contribution in [0, 0.1) is 5.41 Å². The minimum Gasteiger partial charge on any atom is -0.505 e. The van der Waals surface area contributed by atoms with Crippen molar-refractivity contribution in [3.63, 3.8) is 0 Å². The number of para-hydroxylation sites is 1. The lowest BCUT2D eigenvalue weighted by molar-refractivity contribution is 0.0721. The van der Waals surface area contributed by atoms with Gasteiger partial charge in [0.15, 0.2) is 17.2 Å². The van der Waals surface area contributed by atoms with Crippen LogP contribution in [0.25, 0.3) is 0 Å². The fourth-order valence-corrected chi connectivity index (χ4v) is 5.00. The molecule has 0 radical (unpaired) electrons. The molecule has 0 bridgehead atoms. The Morgan fingerprint density at radius 2 is 1.86 bits per heavy atom. The highest BCUT2D eigenvalue weighted by Gasteiger charge is 2.33. The summed E-state index contributed by atoms with van der Waals surface area (Å²) in [6.45, 7) is 7.62. The van der Waals surface area contributed by atoms with Crippen LogP contribution in [-0.4, -0.2) is 51.2 Å². The Balaban J connectivity index is 1.59. The number of rotatable bonds is 5. The van der Waals surface area contributed by atoms with E-state index in [4.69, 9.17) is 0 Å². The Kier molecular flexibility index (Phi) is 7.44. The molecule has 2 aromatic carbocycles. The van der Waals surface area contributed by atoms with E-state index < -0.39 is 6.17 Å². The summed E-state index contributed by atoms with van der Waals surface area (Å²) in [5.41, 5.74) is 1.12. The molecule has 9 nitrogen and oxygen atoms in total. The molecule has 2 aliphatic heterocycles. The predicted octanol–water partition coefficient (Wildman–Crippen LogP) is 3.92. The molecule has 2 heterocycles. The van der Waals surface area contributed by atoms with Crippen molar-refractivity contribution in [2.45, 2.75) is 52.2 Å². The smallest absolute Gasteiger partial charge is 0.257 e. The number of benzene rings is 2. The SMILES string of the molecule is CC(C)(C)C(NC1NSNC1=Nc1cccc(C(=O)N2CCCCC2)c1O)c1ccc(O)c(O)c1. The van der Waals surface area contributed by atoms with E-state index in [9.17, 15) is 20.1 Å². The molecule has 0 aliphatic carbocycles. The van der Waals surface area contributed by atoms with Crippen LogP contribution >= 0.6 is 12.1 Å². The largest absolute Gasteiger partial charge is 0.505 e. The van der Waals surface area contributed by atoms with Gasteiger partial charge in [-0.05, 0) is 54.5 Å². The number of nitrogens with one attached hydrogen (secondary N) is 3. The first-order valence-electron chi connectivity index (χ1n) is 11.8. The lowest BCUT2D eigenvalue weighted by Gasteiger charge is -2.34. The highest BCUT2D eigenvalue weighted by Crippen LogP contribution is 2.37. The first kappa shape index (κ1) is 25.2. The number of phenolic OH excluding ortho intramolecular Hbond substituents is 3. The fourth-order valence-electron chi connectivity index (χ4n) is 4.38. The molecule has 2 aromatic rings. The minimum atomic E-state index is -0.402. The van der Waals surface area contributed by atoms with E-state index in [1.165, 1.54) is 18.2 Å². The van der Waals surface area contributed by atoms with Crippen molar-refractivity contribution in [2.24, 2.45) is 10.4 Å². The van der Waals surface area contributed by atoms with Gasteiger partial charge >= 0.3 is 0 Å². The van der Waals surface area contributed by atoms with Crippen LogP contribution < -0.4 is 14.8 Å². The number of phenols is 3. The number of piperidine rings is 1. The third-order valence-corrected chi connectivity index (χ3v) is 6.93. The van der Waals surface area contributed by atoms with Crippen molar-refractivity contribution >= 4 is 29.6 Å². The molecule has 2 unspecified atom stereocenters. The van der Waals surface area contributed by atoms with Gasteiger partial charge in [0.2, 0.25) is 0 Å². The zero-order valence-corrected chi connectivity index (χ0v) is 21.0. The van der Waals surface area contributed by atoms with E-state index in [2.05, 4.69) is 40.5 Å². The summed E-state index contributed by atoms with van der Waals surface area (Å²) in [5, 5.41) is 34.2. The minimum absolute atomic E-state index is 0.135. The first-order chi connectivity index (χ1) is 16.6. The van der Waals surface area contributed by atoms with E-state index in [0.717, 1.165) is 24.8 Å². The van der Waals surface area contributed by atoms with Gasteiger partial charge in [0.1, 0.15) is 17.7 Å². The van der Waals surface area contributed by atoms with Gasteiger partial charge in [-0.25, -0.2) is 9.71 Å². The molecule has 10 heteroatoms. The highest BCUT2D eigenvalue weighted by molar-refractivity contribution is 7.96. The van der Waals surface area contributed by atoms with Crippen LogP contribution in [0.1, 0.15) is 62.0 Å². The maximum atomic E-state index is 13.0. The predicted molar refractivity (Wildman–Crippen MR) is 138 cm³/mol. The average Bonchev–Trinajstić information content (AvgIpc) is 3.27. The van der Waals surface area contributed by atoms with E-state index in [0.29, 0.717) is 24.6 Å². The number of nitrogens with zero attached hydrogens (tertiary/aromatic N) is 2. The zero-order valence-electron chi connectivity index (χ0n) is 20.2. The normalized spacial score (nSPS) is 20.6. The third kappa shape index (κ3) is 5.66. The van der Waals surface area contributed by atoms with Crippen molar-refractivity contribution in [1.29, 1.82) is 0 Å². The molecule has 0 saturated carbocycles. The van der Waals surface area contributed by atoms with Gasteiger partial charge in [-0.1, -0.05) is 32.9 Å². The molecule has 0 spiro atoms. The number of hydrogen-bond acceptors (Lipinski definition) is 8. The van der Waals surface area contributed by atoms with E-state index >= 15 is 0 Å². The van der Waals surface area contributed by atoms with Crippen LogP contribution in [0.4, 0.5) is 5.69 Å². The maximum Gasteiger partial charge on any atom is 0.257 e. The molecule has 2 saturated heterocycles. The quantitative estimate of drug-likeness (QED) is 0.270. The second kappa shape index (κ2) is 10.3. The van der Waals surface area contributed by atoms with Crippen LogP contribution in [0.15, 0.2) is 41.4 Å². The third-order valence-electron chi connectivity index (χ3n) is 6.27. The number of carbonyl (C=O) groups is 1. The summed E-state index contributed by atoms with van der Waals surface area (Å²) in [5.74, 6) is -0.117. The summed E-state index contributed by atoms with van der Waals surface area (Å²) in [6, 6.07) is 9.61. The van der Waals surface area contributed by atoms with Crippen LogP contribution in [0.5, 0.6) is 17.2 Å². The zero-order chi connectivity index (χ0) is 25.2. The number of hydrogen-bond donors (Lipinski definition) is 6. The number of aliphatic imine (C=N–C) groups is 1. The standard InChI is InChI=1S/C25H33N5O4S/c1-25(2,3)21(15-10-11-18(31)19(32)14-15)27-23-22(28-35-29-23)26-17-9-7-8-16(20(17)33)24(34)30-12-5-4-6-13-30/h7-11,14,21,23,27,29,31-33H,4-6,12-13H2,1-3H3,(H,26,28). The topological polar surface area (TPSA) is 129 Å². The maximum absolute atomic E-state index is 13.0. The van der Waals surface area contributed by atoms with E-state index in [1.54, 1.807) is 35.2 Å². The second-order valence-corrected chi connectivity index (χ2v) is 10.6. The molecule has 2 aliphatic rings. The first-order valence-corrected chi connectivity index (χ1v) is 12.6. The molecule has 2 fully saturated rings. The molecule has 0 aromatic heterocycles. The lowest BCUT2D eigenvalue weighted by atomic mass is 9.82. The summed E-state index contributed by atoms with van der Waals surface area (Å²) < 4.78 is 6.35. The molecule has 6 N–H and O–H groups in total. The van der Waals surface area contributed by atoms with Crippen molar-refractivity contribution in [3.05, 3.63) is 47.5 Å². The summed E-state index contributed by atoms with van der Waals surface area (Å²) in [4.78, 5) is 19.4. The van der Waals surface area contributed by atoms with Gasteiger partial charge in [0.05, 0.1) is 5.56 Å². The van der Waals surface area contributed by atoms with Gasteiger partial charge < -0.3 is 24.9 Å². The van der Waals surface area contributed by atoms with Crippen LogP contribution in [-0.2, 0) is 0 Å². The molecule has 4 rings (SSSR count). The van der Waals surface area contributed by atoms with Gasteiger partial charge in [-0.3, -0.25) is 10.1 Å². The van der Waals surface area contributed by atoms with Crippen LogP contribution in [0.2, 0.25) is 0 Å². The van der Waals surface area contributed by atoms with Crippen molar-refractivity contribution in [3.8, 4) is 17.2 Å². The Morgan fingerprint density at radius 1 is 1.11 bits per heavy atom. The van der Waals surface area contributed by atoms with E-state index in [1.807, 2.05) is 0 Å². The number of aromatic hydroxyl groups is 3. The number of amides is 1. The van der Waals surface area contributed by atoms with Gasteiger partial charge in [0, 0.05) is 31.3 Å². The molecular formula is C25H33N5O4S. The molecular weight excluding hydrogens is 466 g/mol. The van der Waals surface area contributed by atoms with Gasteiger partial charge in [-0.2, -0.15) is 0 Å². The Hall–Kier alpha value is -2.95. The fraction of sp³-hybridized carbons (Fsp3) is 0.440. The lowest BCUT2D eigenvalue weighted by Crippen LogP contribution is -2.47.